The minimum absolute atomic E-state index is 0.219. The van der Waals surface area contributed by atoms with Crippen molar-refractivity contribution in [1.82, 2.24) is 0 Å². The summed E-state index contributed by atoms with van der Waals surface area (Å²) in [6.45, 7) is 4.10. The highest BCUT2D eigenvalue weighted by Crippen LogP contribution is 2.18. The third kappa shape index (κ3) is 3.71. The number of hydrogen-bond donors (Lipinski definition) is 0. The summed E-state index contributed by atoms with van der Waals surface area (Å²) in [5.74, 6) is 1.65. The van der Waals surface area contributed by atoms with Gasteiger partial charge in [-0.05, 0) is 30.5 Å². The molecule has 0 amide bonds. The van der Waals surface area contributed by atoms with Crippen molar-refractivity contribution in [2.75, 3.05) is 5.75 Å². The van der Waals surface area contributed by atoms with Gasteiger partial charge in [0.2, 0.25) is 0 Å². The molecule has 0 saturated carbocycles. The Morgan fingerprint density at radius 1 is 0.947 bits per heavy atom. The summed E-state index contributed by atoms with van der Waals surface area (Å²) >= 11 is 1.68. The number of benzene rings is 2. The lowest BCUT2D eigenvalue weighted by atomic mass is 10.1. The van der Waals surface area contributed by atoms with Gasteiger partial charge in [-0.2, -0.15) is 0 Å². The molecule has 0 aliphatic rings. The molecule has 0 aromatic heterocycles. The van der Waals surface area contributed by atoms with Gasteiger partial charge in [0, 0.05) is 11.3 Å². The van der Waals surface area contributed by atoms with E-state index >= 15 is 0 Å². The highest BCUT2D eigenvalue weighted by Gasteiger charge is 2.08. The van der Waals surface area contributed by atoms with E-state index in [2.05, 4.69) is 19.1 Å². The van der Waals surface area contributed by atoms with Gasteiger partial charge in [0.25, 0.3) is 0 Å². The second kappa shape index (κ2) is 6.58. The van der Waals surface area contributed by atoms with Crippen LogP contribution in [-0.2, 0) is 5.75 Å². The summed E-state index contributed by atoms with van der Waals surface area (Å²) in [7, 11) is 0. The number of ketones is 1. The smallest absolute Gasteiger partial charge is 0.172 e. The molecule has 0 fully saturated rings. The van der Waals surface area contributed by atoms with Gasteiger partial charge in [-0.15, -0.1) is 11.8 Å². The Morgan fingerprint density at radius 3 is 2.26 bits per heavy atom. The predicted octanol–water partition coefficient (Wildman–Crippen LogP) is 4.42. The standard InChI is InChI=1S/C17H18OS/c1-13-7-3-5-9-15(13)11-19-12-17(18)16-10-6-4-8-14(16)2/h3-10H,11-12H2,1-2H3. The molecule has 1 nitrogen and oxygen atoms in total. The molecule has 2 heteroatoms. The zero-order valence-electron chi connectivity index (χ0n) is 11.3. The number of carbonyl (C=O) groups is 1. The Hall–Kier alpha value is -1.54. The van der Waals surface area contributed by atoms with Crippen LogP contribution in [0.25, 0.3) is 0 Å². The molecule has 0 atom stereocenters. The molecule has 0 saturated heterocycles. The summed E-state index contributed by atoms with van der Waals surface area (Å²) in [5.41, 5.74) is 4.51. The summed E-state index contributed by atoms with van der Waals surface area (Å²) in [5, 5.41) is 0. The summed E-state index contributed by atoms with van der Waals surface area (Å²) in [6.07, 6.45) is 0. The van der Waals surface area contributed by atoms with Gasteiger partial charge in [-0.3, -0.25) is 4.79 Å². The van der Waals surface area contributed by atoms with Crippen molar-refractivity contribution in [1.29, 1.82) is 0 Å². The first-order valence-corrected chi connectivity index (χ1v) is 7.55. The maximum Gasteiger partial charge on any atom is 0.172 e. The summed E-state index contributed by atoms with van der Waals surface area (Å²) in [4.78, 5) is 12.1. The largest absolute Gasteiger partial charge is 0.293 e. The van der Waals surface area contributed by atoms with E-state index in [1.54, 1.807) is 11.8 Å². The average Bonchev–Trinajstić information content (AvgIpc) is 2.41. The molecule has 0 spiro atoms. The van der Waals surface area contributed by atoms with E-state index in [0.29, 0.717) is 5.75 Å². The lowest BCUT2D eigenvalue weighted by Gasteiger charge is -2.06. The Kier molecular flexibility index (Phi) is 4.80. The highest BCUT2D eigenvalue weighted by molar-refractivity contribution is 7.99. The fraction of sp³-hybridized carbons (Fsp3) is 0.235. The van der Waals surface area contributed by atoms with Gasteiger partial charge in [0.15, 0.2) is 5.78 Å². The molecule has 0 aliphatic carbocycles. The molecular weight excluding hydrogens is 252 g/mol. The molecule has 0 aliphatic heterocycles. The van der Waals surface area contributed by atoms with Crippen LogP contribution in [0.15, 0.2) is 48.5 Å². The second-order valence-corrected chi connectivity index (χ2v) is 5.64. The van der Waals surface area contributed by atoms with Crippen molar-refractivity contribution in [3.63, 3.8) is 0 Å². The Balaban J connectivity index is 1.92. The monoisotopic (exact) mass is 270 g/mol. The van der Waals surface area contributed by atoms with Crippen LogP contribution in [0, 0.1) is 13.8 Å². The first-order valence-electron chi connectivity index (χ1n) is 6.39. The Bertz CT molecular complexity index is 575. The van der Waals surface area contributed by atoms with E-state index in [1.165, 1.54) is 11.1 Å². The maximum absolute atomic E-state index is 12.1. The molecule has 2 aromatic rings. The van der Waals surface area contributed by atoms with E-state index in [0.717, 1.165) is 16.9 Å². The zero-order valence-corrected chi connectivity index (χ0v) is 12.2. The van der Waals surface area contributed by atoms with Gasteiger partial charge in [-0.25, -0.2) is 0 Å². The van der Waals surface area contributed by atoms with E-state index in [1.807, 2.05) is 43.3 Å². The Labute approximate surface area is 119 Å². The van der Waals surface area contributed by atoms with E-state index in [4.69, 9.17) is 0 Å². The van der Waals surface area contributed by atoms with Gasteiger partial charge >= 0.3 is 0 Å². The third-order valence-corrected chi connectivity index (χ3v) is 4.18. The van der Waals surface area contributed by atoms with Crippen molar-refractivity contribution < 1.29 is 4.79 Å². The summed E-state index contributed by atoms with van der Waals surface area (Å²) < 4.78 is 0. The molecule has 0 bridgehead atoms. The Morgan fingerprint density at radius 2 is 1.58 bits per heavy atom. The topological polar surface area (TPSA) is 17.1 Å². The third-order valence-electron chi connectivity index (χ3n) is 3.20. The van der Waals surface area contributed by atoms with E-state index < -0.39 is 0 Å². The maximum atomic E-state index is 12.1. The quantitative estimate of drug-likeness (QED) is 0.748. The van der Waals surface area contributed by atoms with E-state index in [9.17, 15) is 4.79 Å². The van der Waals surface area contributed by atoms with Crippen LogP contribution in [0.1, 0.15) is 27.0 Å². The number of hydrogen-bond acceptors (Lipinski definition) is 2. The molecular formula is C17H18OS. The van der Waals surface area contributed by atoms with Gasteiger partial charge in [0.1, 0.15) is 0 Å². The first-order chi connectivity index (χ1) is 9.18. The lowest BCUT2D eigenvalue weighted by molar-refractivity contribution is 0.102. The number of Topliss-reactive ketones (excluding diaryl/α,β-unsaturated/α-hetero) is 1. The molecule has 2 aromatic carbocycles. The van der Waals surface area contributed by atoms with Crippen LogP contribution >= 0.6 is 11.8 Å². The fourth-order valence-corrected chi connectivity index (χ4v) is 2.98. The lowest BCUT2D eigenvalue weighted by Crippen LogP contribution is -2.04. The van der Waals surface area contributed by atoms with Crippen molar-refractivity contribution in [3.05, 3.63) is 70.8 Å². The molecule has 0 unspecified atom stereocenters. The van der Waals surface area contributed by atoms with Crippen molar-refractivity contribution in [2.45, 2.75) is 19.6 Å². The zero-order chi connectivity index (χ0) is 13.7. The average molecular weight is 270 g/mol. The molecule has 19 heavy (non-hydrogen) atoms. The van der Waals surface area contributed by atoms with Gasteiger partial charge in [-0.1, -0.05) is 48.5 Å². The van der Waals surface area contributed by atoms with Crippen LogP contribution in [0.3, 0.4) is 0 Å². The van der Waals surface area contributed by atoms with E-state index in [-0.39, 0.29) is 5.78 Å². The van der Waals surface area contributed by atoms with Crippen LogP contribution < -0.4 is 0 Å². The predicted molar refractivity (Wildman–Crippen MR) is 82.9 cm³/mol. The van der Waals surface area contributed by atoms with Crippen molar-refractivity contribution in [3.8, 4) is 0 Å². The minimum atomic E-state index is 0.219. The highest BCUT2D eigenvalue weighted by atomic mass is 32.2. The first kappa shape index (κ1) is 13.9. The van der Waals surface area contributed by atoms with Crippen molar-refractivity contribution in [2.24, 2.45) is 0 Å². The molecule has 2 rings (SSSR count). The van der Waals surface area contributed by atoms with Crippen LogP contribution in [0.4, 0.5) is 0 Å². The molecule has 98 valence electrons. The normalized spacial score (nSPS) is 10.4. The van der Waals surface area contributed by atoms with Crippen LogP contribution in [0.5, 0.6) is 0 Å². The fourth-order valence-electron chi connectivity index (χ4n) is 1.99. The number of rotatable bonds is 5. The number of thioether (sulfide) groups is 1. The second-order valence-electron chi connectivity index (χ2n) is 4.66. The summed E-state index contributed by atoms with van der Waals surface area (Å²) in [6, 6.07) is 16.1. The number of carbonyl (C=O) groups excluding carboxylic acids is 1. The van der Waals surface area contributed by atoms with Crippen LogP contribution in [-0.4, -0.2) is 11.5 Å². The SMILES string of the molecule is Cc1ccccc1CSCC(=O)c1ccccc1C. The number of aryl methyl sites for hydroxylation is 2. The minimum Gasteiger partial charge on any atom is -0.293 e. The molecule has 0 N–H and O–H groups in total. The molecule has 0 radical (unpaired) electrons. The van der Waals surface area contributed by atoms with Crippen molar-refractivity contribution >= 4 is 17.5 Å². The molecule has 0 heterocycles. The van der Waals surface area contributed by atoms with Crippen LogP contribution in [0.2, 0.25) is 0 Å². The van der Waals surface area contributed by atoms with Gasteiger partial charge in [0.05, 0.1) is 5.75 Å². The van der Waals surface area contributed by atoms with Gasteiger partial charge < -0.3 is 0 Å².